The molecule has 3 rings (SSSR count). The van der Waals surface area contributed by atoms with Crippen LogP contribution in [0.1, 0.15) is 33.2 Å². The third kappa shape index (κ3) is 4.97. The molecule has 0 atom stereocenters. The Balaban J connectivity index is 1.97. The number of carbonyl (C=O) groups is 2. The number of nitrogens with one attached hydrogen (secondary N) is 3. The second kappa shape index (κ2) is 9.23. The van der Waals surface area contributed by atoms with E-state index in [-0.39, 0.29) is 22.2 Å². The molecule has 2 amide bonds. The summed E-state index contributed by atoms with van der Waals surface area (Å²) in [5, 5.41) is 13.0. The van der Waals surface area contributed by atoms with Gasteiger partial charge in [0.2, 0.25) is 0 Å². The molecule has 1 aliphatic heterocycles. The average Bonchev–Trinajstić information content (AvgIpc) is 3.08. The Morgan fingerprint density at radius 2 is 1.94 bits per heavy atom. The van der Waals surface area contributed by atoms with Crippen molar-refractivity contribution in [2.75, 3.05) is 19.8 Å². The minimum Gasteiger partial charge on any atom is -0.457 e. The zero-order chi connectivity index (χ0) is 23.5. The van der Waals surface area contributed by atoms with Gasteiger partial charge in [-0.2, -0.15) is 0 Å². The molecule has 2 aromatic carbocycles. The van der Waals surface area contributed by atoms with E-state index in [2.05, 4.69) is 10.6 Å². The standard InChI is InChI=1S/C22H24N4O5S/c1-4-26-13-18-17(22(26)28)11-14(21(27)25-20(23)9-10-24-2)12-19(18)31-15-5-7-16(8-6-15)32(3,29)30/h5-12,24H,4,13H2,1-3H3,(H2,23,25,27)/b10-9-. The van der Waals surface area contributed by atoms with Gasteiger partial charge in [0.1, 0.15) is 17.3 Å². The Kier molecular flexibility index (Phi) is 6.64. The van der Waals surface area contributed by atoms with Crippen LogP contribution in [0.15, 0.2) is 53.6 Å². The molecule has 10 heteroatoms. The molecular weight excluding hydrogens is 432 g/mol. The van der Waals surface area contributed by atoms with Crippen molar-refractivity contribution in [1.82, 2.24) is 15.5 Å². The van der Waals surface area contributed by atoms with Gasteiger partial charge < -0.3 is 20.3 Å². The lowest BCUT2D eigenvalue weighted by atomic mass is 10.0. The van der Waals surface area contributed by atoms with Crippen molar-refractivity contribution in [2.45, 2.75) is 18.4 Å². The van der Waals surface area contributed by atoms with Crippen molar-refractivity contribution in [3.8, 4) is 11.5 Å². The highest BCUT2D eigenvalue weighted by Gasteiger charge is 2.31. The van der Waals surface area contributed by atoms with Crippen molar-refractivity contribution in [1.29, 1.82) is 5.41 Å². The molecule has 3 N–H and O–H groups in total. The second-order valence-corrected chi connectivity index (χ2v) is 9.17. The summed E-state index contributed by atoms with van der Waals surface area (Å²) in [6, 6.07) is 8.91. The van der Waals surface area contributed by atoms with Crippen molar-refractivity contribution in [3.05, 3.63) is 65.4 Å². The summed E-state index contributed by atoms with van der Waals surface area (Å²) in [5.74, 6) is -0.200. The van der Waals surface area contributed by atoms with Crippen molar-refractivity contribution >= 4 is 27.5 Å². The van der Waals surface area contributed by atoms with E-state index in [1.807, 2.05) is 6.92 Å². The Bertz CT molecular complexity index is 1200. The summed E-state index contributed by atoms with van der Waals surface area (Å²) < 4.78 is 29.3. The van der Waals surface area contributed by atoms with Gasteiger partial charge in [0.15, 0.2) is 9.84 Å². The van der Waals surface area contributed by atoms with Crippen LogP contribution in [0.3, 0.4) is 0 Å². The van der Waals surface area contributed by atoms with E-state index in [0.29, 0.717) is 35.7 Å². The summed E-state index contributed by atoms with van der Waals surface area (Å²) in [7, 11) is -1.68. The van der Waals surface area contributed by atoms with E-state index in [4.69, 9.17) is 10.1 Å². The fraction of sp³-hybridized carbons (Fsp3) is 0.227. The fourth-order valence-corrected chi connectivity index (χ4v) is 3.82. The number of amidine groups is 1. The van der Waals surface area contributed by atoms with Crippen LogP contribution >= 0.6 is 0 Å². The quantitative estimate of drug-likeness (QED) is 0.433. The highest BCUT2D eigenvalue weighted by Crippen LogP contribution is 2.35. The SMILES string of the molecule is CCN1Cc2c(Oc3ccc(S(C)(=O)=O)cc3)cc(C(=O)NC(=N)/C=C\NC)cc2C1=O. The number of carbonyl (C=O) groups excluding carboxylic acids is 2. The van der Waals surface area contributed by atoms with Gasteiger partial charge >= 0.3 is 0 Å². The number of fused-ring (bicyclic) bond motifs is 1. The molecule has 0 fully saturated rings. The molecule has 9 nitrogen and oxygen atoms in total. The second-order valence-electron chi connectivity index (χ2n) is 7.16. The lowest BCUT2D eigenvalue weighted by molar-refractivity contribution is 0.0787. The summed E-state index contributed by atoms with van der Waals surface area (Å²) >= 11 is 0. The van der Waals surface area contributed by atoms with Crippen LogP contribution in [-0.2, 0) is 16.4 Å². The molecule has 0 radical (unpaired) electrons. The highest BCUT2D eigenvalue weighted by molar-refractivity contribution is 7.90. The van der Waals surface area contributed by atoms with Crippen molar-refractivity contribution in [3.63, 3.8) is 0 Å². The lowest BCUT2D eigenvalue weighted by Crippen LogP contribution is -2.29. The van der Waals surface area contributed by atoms with Gasteiger partial charge in [0, 0.05) is 36.5 Å². The van der Waals surface area contributed by atoms with Crippen LogP contribution in [0.4, 0.5) is 0 Å². The van der Waals surface area contributed by atoms with Gasteiger partial charge in [-0.3, -0.25) is 15.0 Å². The van der Waals surface area contributed by atoms with Crippen molar-refractivity contribution in [2.24, 2.45) is 0 Å². The minimum atomic E-state index is -3.35. The minimum absolute atomic E-state index is 0.120. The Morgan fingerprint density at radius 1 is 1.25 bits per heavy atom. The van der Waals surface area contributed by atoms with Gasteiger partial charge in [-0.25, -0.2) is 8.42 Å². The summed E-state index contributed by atoms with van der Waals surface area (Å²) in [6.07, 6.45) is 4.00. The van der Waals surface area contributed by atoms with Gasteiger partial charge in [-0.05, 0) is 55.6 Å². The lowest BCUT2D eigenvalue weighted by Gasteiger charge is -2.13. The number of sulfone groups is 1. The number of hydrogen-bond donors (Lipinski definition) is 3. The van der Waals surface area contributed by atoms with Gasteiger partial charge in [0.05, 0.1) is 11.4 Å². The normalized spacial score (nSPS) is 13.2. The molecule has 32 heavy (non-hydrogen) atoms. The highest BCUT2D eigenvalue weighted by atomic mass is 32.2. The van der Waals surface area contributed by atoms with Crippen LogP contribution in [0.25, 0.3) is 0 Å². The third-order valence-corrected chi connectivity index (χ3v) is 5.99. The molecule has 2 aromatic rings. The first kappa shape index (κ1) is 23.0. The van der Waals surface area contributed by atoms with E-state index in [9.17, 15) is 18.0 Å². The van der Waals surface area contributed by atoms with Crippen LogP contribution in [0.2, 0.25) is 0 Å². The third-order valence-electron chi connectivity index (χ3n) is 4.86. The number of nitrogens with zero attached hydrogens (tertiary/aromatic N) is 1. The first-order valence-corrected chi connectivity index (χ1v) is 11.7. The van der Waals surface area contributed by atoms with Gasteiger partial charge in [-0.1, -0.05) is 0 Å². The first-order valence-electron chi connectivity index (χ1n) is 9.82. The van der Waals surface area contributed by atoms with E-state index in [0.717, 1.165) is 6.26 Å². The summed E-state index contributed by atoms with van der Waals surface area (Å²) in [4.78, 5) is 27.2. The molecule has 0 bridgehead atoms. The average molecular weight is 457 g/mol. The van der Waals surface area contributed by atoms with E-state index < -0.39 is 15.7 Å². The zero-order valence-electron chi connectivity index (χ0n) is 17.9. The molecule has 1 heterocycles. The van der Waals surface area contributed by atoms with E-state index in [1.165, 1.54) is 48.7 Å². The number of rotatable bonds is 7. The molecular formula is C22H24N4O5S. The van der Waals surface area contributed by atoms with Gasteiger partial charge in [-0.15, -0.1) is 0 Å². The number of amides is 2. The monoisotopic (exact) mass is 456 g/mol. The molecule has 0 aromatic heterocycles. The predicted molar refractivity (Wildman–Crippen MR) is 120 cm³/mol. The maximum Gasteiger partial charge on any atom is 0.256 e. The Morgan fingerprint density at radius 3 is 2.53 bits per heavy atom. The van der Waals surface area contributed by atoms with E-state index >= 15 is 0 Å². The van der Waals surface area contributed by atoms with Crippen LogP contribution < -0.4 is 15.4 Å². The largest absolute Gasteiger partial charge is 0.457 e. The molecule has 0 aliphatic carbocycles. The first-order chi connectivity index (χ1) is 15.1. The molecule has 1 aliphatic rings. The maximum absolute atomic E-state index is 12.7. The smallest absolute Gasteiger partial charge is 0.256 e. The summed E-state index contributed by atoms with van der Waals surface area (Å²) in [6.45, 7) is 2.69. The molecule has 168 valence electrons. The van der Waals surface area contributed by atoms with Gasteiger partial charge in [0.25, 0.3) is 11.8 Å². The van der Waals surface area contributed by atoms with Crippen LogP contribution in [-0.4, -0.2) is 50.8 Å². The molecule has 0 saturated heterocycles. The molecule has 0 spiro atoms. The maximum atomic E-state index is 12.7. The summed E-state index contributed by atoms with van der Waals surface area (Å²) in [5.41, 5.74) is 1.17. The topological polar surface area (TPSA) is 129 Å². The number of hydrogen-bond acceptors (Lipinski definition) is 7. The predicted octanol–water partition coefficient (Wildman–Crippen LogP) is 2.30. The number of ether oxygens (including phenoxy) is 1. The molecule has 0 saturated carbocycles. The number of benzene rings is 2. The van der Waals surface area contributed by atoms with E-state index in [1.54, 1.807) is 11.9 Å². The molecule has 0 unspecified atom stereocenters. The fourth-order valence-electron chi connectivity index (χ4n) is 3.19. The van der Waals surface area contributed by atoms with Crippen LogP contribution in [0, 0.1) is 5.41 Å². The van der Waals surface area contributed by atoms with Crippen LogP contribution in [0.5, 0.6) is 11.5 Å². The Labute approximate surface area is 186 Å². The van der Waals surface area contributed by atoms with Crippen molar-refractivity contribution < 1.29 is 22.7 Å². The Hall–Kier alpha value is -3.66. The zero-order valence-corrected chi connectivity index (χ0v) is 18.7.